The standard InChI is InChI=1S/C21H23NO3S/c1-26-18-5-2-13(3-6-18)21(24)22-20(16-11-17(23)12-16)15-4-7-19-14(10-15)8-9-25-19/h2-7,10,16-17,20,23H,8-9,11-12H2,1H3,(H,22,24)/t16?,17?,20-/m1/s1. The SMILES string of the molecule is CSc1ccc(C(=O)N[C@H](c2ccc3c(c2)CCO3)C2CC(O)C2)cc1. The second-order valence-corrected chi connectivity index (χ2v) is 7.91. The minimum absolute atomic E-state index is 0.0687. The summed E-state index contributed by atoms with van der Waals surface area (Å²) in [4.78, 5) is 13.9. The van der Waals surface area contributed by atoms with Crippen molar-refractivity contribution in [2.24, 2.45) is 5.92 Å². The van der Waals surface area contributed by atoms with Gasteiger partial charge in [0.25, 0.3) is 5.91 Å². The van der Waals surface area contributed by atoms with Crippen LogP contribution in [0, 0.1) is 5.92 Å². The van der Waals surface area contributed by atoms with Crippen molar-refractivity contribution in [1.82, 2.24) is 5.32 Å². The van der Waals surface area contributed by atoms with Gasteiger partial charge in [-0.05, 0) is 72.5 Å². The Balaban J connectivity index is 1.56. The molecule has 1 saturated carbocycles. The van der Waals surface area contributed by atoms with E-state index in [2.05, 4.69) is 11.4 Å². The van der Waals surface area contributed by atoms with Crippen molar-refractivity contribution in [1.29, 1.82) is 0 Å². The second kappa shape index (κ2) is 7.33. The van der Waals surface area contributed by atoms with E-state index in [-0.39, 0.29) is 24.0 Å². The minimum atomic E-state index is -0.252. The maximum absolute atomic E-state index is 12.8. The molecule has 4 rings (SSSR count). The highest BCUT2D eigenvalue weighted by Crippen LogP contribution is 2.40. The first-order valence-electron chi connectivity index (χ1n) is 9.02. The van der Waals surface area contributed by atoms with Gasteiger partial charge >= 0.3 is 0 Å². The summed E-state index contributed by atoms with van der Waals surface area (Å²) in [6, 6.07) is 13.8. The molecule has 0 saturated heterocycles. The second-order valence-electron chi connectivity index (χ2n) is 7.03. The molecule has 1 aliphatic carbocycles. The molecule has 5 heteroatoms. The molecule has 2 aromatic rings. The van der Waals surface area contributed by atoms with E-state index in [0.29, 0.717) is 5.56 Å². The molecule has 26 heavy (non-hydrogen) atoms. The number of thioether (sulfide) groups is 1. The van der Waals surface area contributed by atoms with Crippen LogP contribution < -0.4 is 10.1 Å². The van der Waals surface area contributed by atoms with Gasteiger partial charge in [0, 0.05) is 16.9 Å². The molecule has 1 amide bonds. The Morgan fingerprint density at radius 2 is 2.00 bits per heavy atom. The number of carbonyl (C=O) groups excluding carboxylic acids is 1. The lowest BCUT2D eigenvalue weighted by Gasteiger charge is -2.38. The molecule has 2 aromatic carbocycles. The molecule has 4 nitrogen and oxygen atoms in total. The molecule has 2 aliphatic rings. The van der Waals surface area contributed by atoms with Gasteiger partial charge in [0.15, 0.2) is 0 Å². The van der Waals surface area contributed by atoms with Crippen LogP contribution in [0.1, 0.15) is 40.4 Å². The summed E-state index contributed by atoms with van der Waals surface area (Å²) < 4.78 is 5.59. The molecular formula is C21H23NO3S. The van der Waals surface area contributed by atoms with Crippen LogP contribution in [-0.4, -0.2) is 30.0 Å². The first kappa shape index (κ1) is 17.4. The summed E-state index contributed by atoms with van der Waals surface area (Å²) in [5.74, 6) is 1.14. The monoisotopic (exact) mass is 369 g/mol. The number of amides is 1. The quantitative estimate of drug-likeness (QED) is 0.791. The van der Waals surface area contributed by atoms with Crippen molar-refractivity contribution in [2.45, 2.75) is 36.3 Å². The number of hydrogen-bond acceptors (Lipinski definition) is 4. The lowest BCUT2D eigenvalue weighted by Crippen LogP contribution is -2.41. The van der Waals surface area contributed by atoms with Gasteiger partial charge in [0.1, 0.15) is 5.75 Å². The van der Waals surface area contributed by atoms with Gasteiger partial charge in [0.2, 0.25) is 0 Å². The average Bonchev–Trinajstić information content (AvgIpc) is 3.11. The highest BCUT2D eigenvalue weighted by atomic mass is 32.2. The van der Waals surface area contributed by atoms with Gasteiger partial charge in [0.05, 0.1) is 18.8 Å². The predicted molar refractivity (Wildman–Crippen MR) is 103 cm³/mol. The topological polar surface area (TPSA) is 58.6 Å². The maximum Gasteiger partial charge on any atom is 0.251 e. The van der Waals surface area contributed by atoms with E-state index in [1.807, 2.05) is 42.7 Å². The lowest BCUT2D eigenvalue weighted by atomic mass is 9.74. The van der Waals surface area contributed by atoms with Crippen LogP contribution >= 0.6 is 11.8 Å². The lowest BCUT2D eigenvalue weighted by molar-refractivity contribution is 0.0235. The van der Waals surface area contributed by atoms with Gasteiger partial charge in [-0.2, -0.15) is 0 Å². The van der Waals surface area contributed by atoms with Gasteiger partial charge in [-0.1, -0.05) is 6.07 Å². The van der Waals surface area contributed by atoms with Gasteiger partial charge in [-0.15, -0.1) is 11.8 Å². The third-order valence-corrected chi connectivity index (χ3v) is 6.08. The van der Waals surface area contributed by atoms with Crippen molar-refractivity contribution in [2.75, 3.05) is 12.9 Å². The zero-order valence-electron chi connectivity index (χ0n) is 14.8. The third kappa shape index (κ3) is 3.46. The predicted octanol–water partition coefficient (Wildman–Crippen LogP) is 3.59. The van der Waals surface area contributed by atoms with E-state index in [4.69, 9.17) is 4.74 Å². The molecule has 1 heterocycles. The Hall–Kier alpha value is -1.98. The van der Waals surface area contributed by atoms with Crippen LogP contribution in [0.4, 0.5) is 0 Å². The van der Waals surface area contributed by atoms with Gasteiger partial charge < -0.3 is 15.2 Å². The third-order valence-electron chi connectivity index (χ3n) is 5.33. The van der Waals surface area contributed by atoms with E-state index in [1.54, 1.807) is 11.8 Å². The van der Waals surface area contributed by atoms with Crippen molar-refractivity contribution in [3.8, 4) is 5.75 Å². The average molecular weight is 369 g/mol. The zero-order chi connectivity index (χ0) is 18.1. The Kier molecular flexibility index (Phi) is 4.92. The van der Waals surface area contributed by atoms with Crippen molar-refractivity contribution >= 4 is 17.7 Å². The largest absolute Gasteiger partial charge is 0.493 e. The smallest absolute Gasteiger partial charge is 0.251 e. The Morgan fingerprint density at radius 1 is 1.23 bits per heavy atom. The summed E-state index contributed by atoms with van der Waals surface area (Å²) in [6.45, 7) is 0.722. The zero-order valence-corrected chi connectivity index (χ0v) is 15.6. The highest BCUT2D eigenvalue weighted by molar-refractivity contribution is 7.98. The molecule has 1 fully saturated rings. The van der Waals surface area contributed by atoms with Crippen LogP contribution in [0.15, 0.2) is 47.4 Å². The molecule has 1 aliphatic heterocycles. The molecular weight excluding hydrogens is 346 g/mol. The molecule has 2 N–H and O–H groups in total. The van der Waals surface area contributed by atoms with Crippen molar-refractivity contribution in [3.63, 3.8) is 0 Å². The van der Waals surface area contributed by atoms with Crippen LogP contribution in [0.2, 0.25) is 0 Å². The number of rotatable bonds is 5. The van der Waals surface area contributed by atoms with Gasteiger partial charge in [-0.25, -0.2) is 0 Å². The number of carbonyl (C=O) groups is 1. The van der Waals surface area contributed by atoms with Crippen LogP contribution in [0.3, 0.4) is 0 Å². The first-order valence-corrected chi connectivity index (χ1v) is 10.2. The molecule has 0 radical (unpaired) electrons. The van der Waals surface area contributed by atoms with Crippen molar-refractivity contribution in [3.05, 3.63) is 59.2 Å². The summed E-state index contributed by atoms with van der Waals surface area (Å²) in [6.07, 6.45) is 4.13. The van der Waals surface area contributed by atoms with E-state index in [0.717, 1.165) is 42.1 Å². The molecule has 136 valence electrons. The maximum atomic E-state index is 12.8. The molecule has 0 aromatic heterocycles. The van der Waals surface area contributed by atoms with E-state index in [9.17, 15) is 9.90 Å². The number of hydrogen-bond donors (Lipinski definition) is 2. The first-order chi connectivity index (χ1) is 12.6. The normalized spacial score (nSPS) is 22.1. The van der Waals surface area contributed by atoms with Crippen LogP contribution in [-0.2, 0) is 6.42 Å². The number of aliphatic hydroxyl groups is 1. The number of fused-ring (bicyclic) bond motifs is 1. The summed E-state index contributed by atoms with van der Waals surface area (Å²) >= 11 is 1.66. The summed E-state index contributed by atoms with van der Waals surface area (Å²) in [5.41, 5.74) is 2.96. The number of ether oxygens (including phenoxy) is 1. The van der Waals surface area contributed by atoms with Crippen LogP contribution in [0.25, 0.3) is 0 Å². The number of aliphatic hydroxyl groups excluding tert-OH is 1. The fraction of sp³-hybridized carbons (Fsp3) is 0.381. The summed E-state index contributed by atoms with van der Waals surface area (Å²) in [5, 5.41) is 12.9. The van der Waals surface area contributed by atoms with Crippen molar-refractivity contribution < 1.29 is 14.6 Å². The van der Waals surface area contributed by atoms with E-state index >= 15 is 0 Å². The van der Waals surface area contributed by atoms with E-state index in [1.165, 1.54) is 5.56 Å². The van der Waals surface area contributed by atoms with E-state index < -0.39 is 0 Å². The number of benzene rings is 2. The fourth-order valence-corrected chi connectivity index (χ4v) is 4.15. The molecule has 1 atom stereocenters. The fourth-order valence-electron chi connectivity index (χ4n) is 3.74. The highest BCUT2D eigenvalue weighted by Gasteiger charge is 2.36. The summed E-state index contributed by atoms with van der Waals surface area (Å²) in [7, 11) is 0. The molecule has 0 bridgehead atoms. The number of nitrogens with one attached hydrogen (secondary N) is 1. The Labute approximate surface area is 158 Å². The molecule has 0 spiro atoms. The van der Waals surface area contributed by atoms with Gasteiger partial charge in [-0.3, -0.25) is 4.79 Å². The Bertz CT molecular complexity index is 799. The molecule has 0 unspecified atom stereocenters. The Morgan fingerprint density at radius 3 is 2.69 bits per heavy atom. The van der Waals surface area contributed by atoms with Crippen LogP contribution in [0.5, 0.6) is 5.75 Å². The minimum Gasteiger partial charge on any atom is -0.493 e.